The molecule has 6 heteroatoms. The maximum absolute atomic E-state index is 12.8. The van der Waals surface area contributed by atoms with Crippen molar-refractivity contribution in [3.8, 4) is 0 Å². The second-order valence-corrected chi connectivity index (χ2v) is 6.04. The first-order valence-electron chi connectivity index (χ1n) is 7.50. The maximum atomic E-state index is 12.8. The van der Waals surface area contributed by atoms with Crippen LogP contribution in [0.1, 0.15) is 18.1 Å². The van der Waals surface area contributed by atoms with Gasteiger partial charge in [-0.3, -0.25) is 0 Å². The fourth-order valence-corrected chi connectivity index (χ4v) is 2.40. The van der Waals surface area contributed by atoms with Crippen molar-refractivity contribution in [3.63, 3.8) is 0 Å². The fourth-order valence-electron chi connectivity index (χ4n) is 2.21. The van der Waals surface area contributed by atoms with E-state index in [0.29, 0.717) is 11.6 Å². The predicted molar refractivity (Wildman–Crippen MR) is 92.5 cm³/mol. The number of rotatable bonds is 6. The quantitative estimate of drug-likeness (QED) is 0.831. The third kappa shape index (κ3) is 4.94. The molecule has 4 nitrogen and oxygen atoms in total. The molecule has 0 saturated carbocycles. The predicted octanol–water partition coefficient (Wildman–Crippen LogP) is 3.84. The molecule has 0 aromatic heterocycles. The molecule has 128 valence electrons. The normalized spacial score (nSPS) is 13.2. The van der Waals surface area contributed by atoms with Crippen LogP contribution in [0.3, 0.4) is 0 Å². The molecule has 0 fully saturated rings. The van der Waals surface area contributed by atoms with Crippen molar-refractivity contribution in [1.82, 2.24) is 10.6 Å². The Labute approximate surface area is 146 Å². The third-order valence-corrected chi connectivity index (χ3v) is 4.07. The van der Waals surface area contributed by atoms with Gasteiger partial charge in [-0.2, -0.15) is 0 Å². The Hall–Kier alpha value is -2.11. The summed E-state index contributed by atoms with van der Waals surface area (Å²) in [7, 11) is 1.58. The van der Waals surface area contributed by atoms with Crippen LogP contribution in [0.15, 0.2) is 48.5 Å². The number of halogens is 2. The fraction of sp³-hybridized carbons (Fsp3) is 0.278. The Morgan fingerprint density at radius 3 is 2.54 bits per heavy atom. The van der Waals surface area contributed by atoms with E-state index in [-0.39, 0.29) is 18.4 Å². The molecule has 0 saturated heterocycles. The molecule has 2 rings (SSSR count). The molecule has 0 spiro atoms. The number of hydrogen-bond acceptors (Lipinski definition) is 2. The summed E-state index contributed by atoms with van der Waals surface area (Å²) in [4.78, 5) is 12.0. The van der Waals surface area contributed by atoms with Gasteiger partial charge in [-0.1, -0.05) is 35.9 Å². The van der Waals surface area contributed by atoms with E-state index >= 15 is 0 Å². The van der Waals surface area contributed by atoms with Gasteiger partial charge in [-0.05, 0) is 42.3 Å². The number of hydrogen-bond donors (Lipinski definition) is 2. The highest BCUT2D eigenvalue weighted by Gasteiger charge is 2.27. The molecular formula is C18H20ClFN2O2. The summed E-state index contributed by atoms with van der Waals surface area (Å²) in [6.45, 7) is 2.46. The minimum absolute atomic E-state index is 0.277. The van der Waals surface area contributed by atoms with Crippen molar-refractivity contribution < 1.29 is 13.9 Å². The van der Waals surface area contributed by atoms with Crippen molar-refractivity contribution >= 4 is 17.6 Å². The number of carbonyl (C=O) groups is 1. The molecule has 1 atom stereocenters. The molecule has 2 amide bonds. The lowest BCUT2D eigenvalue weighted by atomic mass is 9.96. The summed E-state index contributed by atoms with van der Waals surface area (Å²) in [5.41, 5.74) is 0.991. The van der Waals surface area contributed by atoms with E-state index < -0.39 is 5.60 Å². The number of benzene rings is 2. The number of ether oxygens (including phenoxy) is 1. The van der Waals surface area contributed by atoms with Gasteiger partial charge in [0.2, 0.25) is 0 Å². The second kappa shape index (κ2) is 8.13. The lowest BCUT2D eigenvalue weighted by molar-refractivity contribution is 0.00488. The molecule has 0 aliphatic rings. The largest absolute Gasteiger partial charge is 0.372 e. The smallest absolute Gasteiger partial charge is 0.315 e. The SMILES string of the molecule is CO[C@](C)(CNC(=O)NCc1ccc(F)cc1)c1cccc(Cl)c1. The minimum Gasteiger partial charge on any atom is -0.372 e. The molecule has 2 N–H and O–H groups in total. The van der Waals surface area contributed by atoms with Gasteiger partial charge in [0.05, 0.1) is 6.54 Å². The highest BCUT2D eigenvalue weighted by molar-refractivity contribution is 6.30. The van der Waals surface area contributed by atoms with Crippen molar-refractivity contribution in [2.24, 2.45) is 0 Å². The summed E-state index contributed by atoms with van der Waals surface area (Å²) in [6.07, 6.45) is 0. The van der Waals surface area contributed by atoms with Gasteiger partial charge in [-0.15, -0.1) is 0 Å². The summed E-state index contributed by atoms with van der Waals surface area (Å²) >= 11 is 6.02. The van der Waals surface area contributed by atoms with Gasteiger partial charge in [0.1, 0.15) is 11.4 Å². The van der Waals surface area contributed by atoms with Gasteiger partial charge >= 0.3 is 6.03 Å². The minimum atomic E-state index is -0.696. The topological polar surface area (TPSA) is 50.4 Å². The summed E-state index contributed by atoms with van der Waals surface area (Å²) in [5, 5.41) is 6.11. The molecule has 24 heavy (non-hydrogen) atoms. The Bertz CT molecular complexity index is 694. The molecule has 2 aromatic rings. The van der Waals surface area contributed by atoms with Crippen LogP contribution in [-0.4, -0.2) is 19.7 Å². The zero-order valence-electron chi connectivity index (χ0n) is 13.6. The summed E-state index contributed by atoms with van der Waals surface area (Å²) < 4.78 is 18.4. The zero-order valence-corrected chi connectivity index (χ0v) is 14.4. The molecule has 0 radical (unpaired) electrons. The van der Waals surface area contributed by atoms with Crippen LogP contribution in [0.25, 0.3) is 0 Å². The Morgan fingerprint density at radius 2 is 1.92 bits per heavy atom. The van der Waals surface area contributed by atoms with Crippen molar-refractivity contribution in [2.75, 3.05) is 13.7 Å². The van der Waals surface area contributed by atoms with E-state index in [1.165, 1.54) is 12.1 Å². The van der Waals surface area contributed by atoms with E-state index in [9.17, 15) is 9.18 Å². The van der Waals surface area contributed by atoms with Crippen LogP contribution >= 0.6 is 11.6 Å². The Balaban J connectivity index is 1.90. The van der Waals surface area contributed by atoms with Crippen molar-refractivity contribution in [1.29, 1.82) is 0 Å². The lowest BCUT2D eigenvalue weighted by Crippen LogP contribution is -2.44. The second-order valence-electron chi connectivity index (χ2n) is 5.61. The molecule has 0 aliphatic heterocycles. The van der Waals surface area contributed by atoms with E-state index in [0.717, 1.165) is 11.1 Å². The van der Waals surface area contributed by atoms with Crippen LogP contribution < -0.4 is 10.6 Å². The number of amides is 2. The van der Waals surface area contributed by atoms with E-state index in [1.807, 2.05) is 25.1 Å². The van der Waals surface area contributed by atoms with Crippen LogP contribution in [0.5, 0.6) is 0 Å². The lowest BCUT2D eigenvalue weighted by Gasteiger charge is -2.29. The molecule has 0 aliphatic carbocycles. The van der Waals surface area contributed by atoms with Gasteiger partial charge in [0, 0.05) is 18.7 Å². The molecule has 0 heterocycles. The Kier molecular flexibility index (Phi) is 6.17. The molecule has 0 unspecified atom stereocenters. The first-order valence-corrected chi connectivity index (χ1v) is 7.88. The van der Waals surface area contributed by atoms with Gasteiger partial charge in [0.25, 0.3) is 0 Å². The zero-order chi connectivity index (χ0) is 17.6. The van der Waals surface area contributed by atoms with Gasteiger partial charge < -0.3 is 15.4 Å². The van der Waals surface area contributed by atoms with Crippen molar-refractivity contribution in [3.05, 3.63) is 70.5 Å². The first kappa shape index (κ1) is 18.2. The van der Waals surface area contributed by atoms with Gasteiger partial charge in [0.15, 0.2) is 0 Å². The molecule has 2 aromatic carbocycles. The average molecular weight is 351 g/mol. The van der Waals surface area contributed by atoms with Crippen LogP contribution in [0.4, 0.5) is 9.18 Å². The highest BCUT2D eigenvalue weighted by atomic mass is 35.5. The Morgan fingerprint density at radius 1 is 1.21 bits per heavy atom. The number of urea groups is 1. The van der Waals surface area contributed by atoms with E-state index in [4.69, 9.17) is 16.3 Å². The van der Waals surface area contributed by atoms with Crippen LogP contribution in [0, 0.1) is 5.82 Å². The van der Waals surface area contributed by atoms with Crippen LogP contribution in [0.2, 0.25) is 5.02 Å². The van der Waals surface area contributed by atoms with E-state index in [1.54, 1.807) is 25.3 Å². The van der Waals surface area contributed by atoms with Crippen molar-refractivity contribution in [2.45, 2.75) is 19.1 Å². The monoisotopic (exact) mass is 350 g/mol. The average Bonchev–Trinajstić information content (AvgIpc) is 2.59. The van der Waals surface area contributed by atoms with Gasteiger partial charge in [-0.25, -0.2) is 9.18 Å². The first-order chi connectivity index (χ1) is 11.4. The molecular weight excluding hydrogens is 331 g/mol. The number of methoxy groups -OCH3 is 1. The van der Waals surface area contributed by atoms with E-state index in [2.05, 4.69) is 10.6 Å². The summed E-state index contributed by atoms with van der Waals surface area (Å²) in [6, 6.07) is 13.0. The number of carbonyl (C=O) groups excluding carboxylic acids is 1. The third-order valence-electron chi connectivity index (χ3n) is 3.84. The maximum Gasteiger partial charge on any atom is 0.315 e. The summed E-state index contributed by atoms with van der Waals surface area (Å²) in [5.74, 6) is -0.305. The molecule has 0 bridgehead atoms. The standard InChI is InChI=1S/C18H20ClFN2O2/c1-18(24-2,14-4-3-5-15(19)10-14)12-22-17(23)21-11-13-6-8-16(20)9-7-13/h3-10H,11-12H2,1-2H3,(H2,21,22,23)/t18-/m1/s1. The number of nitrogens with one attached hydrogen (secondary N) is 2. The van der Waals surface area contributed by atoms with Crippen LogP contribution in [-0.2, 0) is 16.9 Å². The highest BCUT2D eigenvalue weighted by Crippen LogP contribution is 2.26.